The van der Waals surface area contributed by atoms with Crippen LogP contribution in [-0.4, -0.2) is 10.5 Å². The number of aryl methyl sites for hydroxylation is 1. The number of amides is 1. The average molecular weight is 356 g/mol. The molecule has 106 valence electrons. The van der Waals surface area contributed by atoms with Gasteiger partial charge in [0.15, 0.2) is 0 Å². The fraction of sp³-hybridized carbons (Fsp3) is 0.267. The van der Waals surface area contributed by atoms with Gasteiger partial charge < -0.3 is 9.88 Å². The highest BCUT2D eigenvalue weighted by Gasteiger charge is 2.12. The molecule has 0 bridgehead atoms. The number of halogens is 2. The van der Waals surface area contributed by atoms with Crippen molar-refractivity contribution in [1.82, 2.24) is 9.88 Å². The molecule has 1 N–H and O–H groups in total. The van der Waals surface area contributed by atoms with E-state index >= 15 is 0 Å². The molecule has 0 aliphatic heterocycles. The lowest BCUT2D eigenvalue weighted by Crippen LogP contribution is -2.25. The lowest BCUT2D eigenvalue weighted by molar-refractivity contribution is 0.0941. The molecule has 0 radical (unpaired) electrons. The van der Waals surface area contributed by atoms with Crippen LogP contribution >= 0.6 is 27.5 Å². The van der Waals surface area contributed by atoms with E-state index in [2.05, 4.69) is 28.2 Å². The van der Waals surface area contributed by atoms with Crippen molar-refractivity contribution in [3.63, 3.8) is 0 Å². The van der Waals surface area contributed by atoms with Gasteiger partial charge in [-0.2, -0.15) is 0 Å². The van der Waals surface area contributed by atoms with Crippen LogP contribution in [0.3, 0.4) is 0 Å². The highest BCUT2D eigenvalue weighted by molar-refractivity contribution is 9.10. The molecule has 0 aliphatic carbocycles. The van der Waals surface area contributed by atoms with Crippen LogP contribution in [0.4, 0.5) is 0 Å². The van der Waals surface area contributed by atoms with Gasteiger partial charge in [0.2, 0.25) is 0 Å². The Morgan fingerprint density at radius 1 is 1.35 bits per heavy atom. The Kier molecular flexibility index (Phi) is 5.26. The fourth-order valence-electron chi connectivity index (χ4n) is 1.97. The second-order valence-corrected chi connectivity index (χ2v) is 5.90. The number of carbonyl (C=O) groups is 1. The maximum atomic E-state index is 12.2. The van der Waals surface area contributed by atoms with Crippen LogP contribution in [0.5, 0.6) is 0 Å². The van der Waals surface area contributed by atoms with E-state index in [0.717, 1.165) is 23.0 Å². The Hall–Kier alpha value is -1.26. The van der Waals surface area contributed by atoms with Crippen LogP contribution in [0.2, 0.25) is 5.02 Å². The predicted octanol–water partition coefficient (Wildman–Crippen LogP) is 4.24. The van der Waals surface area contributed by atoms with Crippen LogP contribution in [0.15, 0.2) is 41.0 Å². The maximum Gasteiger partial charge on any atom is 0.268 e. The van der Waals surface area contributed by atoms with Crippen molar-refractivity contribution in [2.45, 2.75) is 26.4 Å². The predicted molar refractivity (Wildman–Crippen MR) is 85.0 cm³/mol. The summed E-state index contributed by atoms with van der Waals surface area (Å²) in [5.74, 6) is -0.0703. The monoisotopic (exact) mass is 354 g/mol. The first-order valence-corrected chi connectivity index (χ1v) is 7.65. The molecule has 5 heteroatoms. The summed E-state index contributed by atoms with van der Waals surface area (Å²) in [5, 5.41) is 3.62. The molecule has 0 spiro atoms. The number of rotatable bonds is 5. The number of nitrogens with zero attached hydrogens (tertiary/aromatic N) is 1. The lowest BCUT2D eigenvalue weighted by Gasteiger charge is -2.08. The van der Waals surface area contributed by atoms with Crippen LogP contribution in [0.1, 0.15) is 29.4 Å². The molecule has 1 aromatic carbocycles. The normalized spacial score (nSPS) is 10.6. The van der Waals surface area contributed by atoms with Crippen molar-refractivity contribution < 1.29 is 4.79 Å². The van der Waals surface area contributed by atoms with Gasteiger partial charge in [0.25, 0.3) is 5.91 Å². The van der Waals surface area contributed by atoms with Gasteiger partial charge in [-0.05, 0) is 46.1 Å². The SMILES string of the molecule is CCCn1cc(Br)cc1C(=O)NCc1ccc(Cl)cc1. The summed E-state index contributed by atoms with van der Waals surface area (Å²) in [7, 11) is 0. The third-order valence-corrected chi connectivity index (χ3v) is 3.61. The van der Waals surface area contributed by atoms with E-state index in [1.807, 2.05) is 41.1 Å². The fourth-order valence-corrected chi connectivity index (χ4v) is 2.56. The average Bonchev–Trinajstić information content (AvgIpc) is 2.79. The number of hydrogen-bond acceptors (Lipinski definition) is 1. The summed E-state index contributed by atoms with van der Waals surface area (Å²) < 4.78 is 2.88. The Morgan fingerprint density at radius 3 is 2.70 bits per heavy atom. The zero-order chi connectivity index (χ0) is 14.5. The molecule has 3 nitrogen and oxygen atoms in total. The summed E-state index contributed by atoms with van der Waals surface area (Å²) in [6.07, 6.45) is 2.92. The minimum atomic E-state index is -0.0703. The second-order valence-electron chi connectivity index (χ2n) is 4.55. The van der Waals surface area contributed by atoms with Gasteiger partial charge in [-0.15, -0.1) is 0 Å². The summed E-state index contributed by atoms with van der Waals surface area (Å²) >= 11 is 9.24. The topological polar surface area (TPSA) is 34.0 Å². The van der Waals surface area contributed by atoms with Crippen molar-refractivity contribution in [2.75, 3.05) is 0 Å². The molecule has 0 fully saturated rings. The number of aromatic nitrogens is 1. The summed E-state index contributed by atoms with van der Waals surface area (Å²) in [4.78, 5) is 12.2. The van der Waals surface area contributed by atoms with Gasteiger partial charge >= 0.3 is 0 Å². The van der Waals surface area contributed by atoms with Gasteiger partial charge in [0, 0.05) is 28.8 Å². The number of benzene rings is 1. The summed E-state index contributed by atoms with van der Waals surface area (Å²) in [6, 6.07) is 9.29. The smallest absolute Gasteiger partial charge is 0.268 e. The first kappa shape index (κ1) is 15.1. The molecule has 20 heavy (non-hydrogen) atoms. The zero-order valence-corrected chi connectivity index (χ0v) is 13.5. The highest BCUT2D eigenvalue weighted by atomic mass is 79.9. The van der Waals surface area contributed by atoms with E-state index in [1.54, 1.807) is 0 Å². The Balaban J connectivity index is 2.03. The second kappa shape index (κ2) is 6.95. The molecule has 0 aliphatic rings. The van der Waals surface area contributed by atoms with E-state index < -0.39 is 0 Å². The first-order chi connectivity index (χ1) is 9.60. The van der Waals surface area contributed by atoms with Crippen molar-refractivity contribution in [1.29, 1.82) is 0 Å². The summed E-state index contributed by atoms with van der Waals surface area (Å²) in [6.45, 7) is 3.41. The highest BCUT2D eigenvalue weighted by Crippen LogP contribution is 2.16. The van der Waals surface area contributed by atoms with Gasteiger partial charge in [-0.3, -0.25) is 4.79 Å². The number of carbonyl (C=O) groups excluding carboxylic acids is 1. The molecule has 1 amide bonds. The molecule has 2 rings (SSSR count). The van der Waals surface area contributed by atoms with E-state index in [-0.39, 0.29) is 5.91 Å². The molecule has 0 saturated carbocycles. The van der Waals surface area contributed by atoms with Crippen LogP contribution in [0.25, 0.3) is 0 Å². The minimum absolute atomic E-state index is 0.0703. The van der Waals surface area contributed by atoms with Crippen molar-refractivity contribution >= 4 is 33.4 Å². The molecule has 1 heterocycles. The van der Waals surface area contributed by atoms with Crippen LogP contribution in [-0.2, 0) is 13.1 Å². The largest absolute Gasteiger partial charge is 0.347 e. The molecule has 2 aromatic rings. The molecule has 0 unspecified atom stereocenters. The Bertz CT molecular complexity index is 592. The third kappa shape index (κ3) is 3.87. The standard InChI is InChI=1S/C15H16BrClN2O/c1-2-7-19-10-12(16)8-14(19)15(20)18-9-11-3-5-13(17)6-4-11/h3-6,8,10H,2,7,9H2,1H3,(H,18,20). The van der Waals surface area contributed by atoms with Crippen LogP contribution < -0.4 is 5.32 Å². The Labute approximate surface area is 132 Å². The van der Waals surface area contributed by atoms with E-state index in [0.29, 0.717) is 17.3 Å². The quantitative estimate of drug-likeness (QED) is 0.855. The van der Waals surface area contributed by atoms with E-state index in [1.165, 1.54) is 0 Å². The number of nitrogens with one attached hydrogen (secondary N) is 1. The summed E-state index contributed by atoms with van der Waals surface area (Å²) in [5.41, 5.74) is 1.70. The maximum absolute atomic E-state index is 12.2. The van der Waals surface area contributed by atoms with E-state index in [9.17, 15) is 4.79 Å². The van der Waals surface area contributed by atoms with Crippen molar-refractivity contribution in [3.05, 3.63) is 57.3 Å². The van der Waals surface area contributed by atoms with Gasteiger partial charge in [0.1, 0.15) is 5.69 Å². The molecule has 1 aromatic heterocycles. The van der Waals surface area contributed by atoms with Gasteiger partial charge in [0.05, 0.1) is 0 Å². The van der Waals surface area contributed by atoms with Crippen LogP contribution in [0, 0.1) is 0 Å². The molecule has 0 saturated heterocycles. The first-order valence-electron chi connectivity index (χ1n) is 6.48. The Morgan fingerprint density at radius 2 is 2.05 bits per heavy atom. The minimum Gasteiger partial charge on any atom is -0.347 e. The van der Waals surface area contributed by atoms with E-state index in [4.69, 9.17) is 11.6 Å². The zero-order valence-electron chi connectivity index (χ0n) is 11.2. The van der Waals surface area contributed by atoms with Crippen molar-refractivity contribution in [2.24, 2.45) is 0 Å². The van der Waals surface area contributed by atoms with Crippen molar-refractivity contribution in [3.8, 4) is 0 Å². The molecule has 0 atom stereocenters. The van der Waals surface area contributed by atoms with Gasteiger partial charge in [-0.25, -0.2) is 0 Å². The third-order valence-electron chi connectivity index (χ3n) is 2.93. The lowest BCUT2D eigenvalue weighted by atomic mass is 10.2. The molecular formula is C15H16BrClN2O. The van der Waals surface area contributed by atoms with Gasteiger partial charge in [-0.1, -0.05) is 30.7 Å². The molecular weight excluding hydrogens is 340 g/mol. The number of hydrogen-bond donors (Lipinski definition) is 1.